The van der Waals surface area contributed by atoms with Crippen molar-refractivity contribution in [2.45, 2.75) is 6.54 Å². The lowest BCUT2D eigenvalue weighted by atomic mass is 10.2. The average Bonchev–Trinajstić information content (AvgIpc) is 2.42. The Morgan fingerprint density at radius 3 is 2.74 bits per heavy atom. The maximum absolute atomic E-state index is 8.89. The van der Waals surface area contributed by atoms with E-state index in [9.17, 15) is 0 Å². The Bertz CT molecular complexity index is 635. The van der Waals surface area contributed by atoms with E-state index in [2.05, 4.69) is 11.1 Å². The highest BCUT2D eigenvalue weighted by atomic mass is 35.5. The van der Waals surface area contributed by atoms with Crippen LogP contribution in [0.4, 0.5) is 5.69 Å². The topological polar surface area (TPSA) is 39.9 Å². The number of hydrogen-bond acceptors (Lipinski definition) is 3. The summed E-state index contributed by atoms with van der Waals surface area (Å²) in [4.78, 5) is 6.00. The van der Waals surface area contributed by atoms with Crippen LogP contribution in [0.5, 0.6) is 0 Å². The van der Waals surface area contributed by atoms with Crippen LogP contribution in [-0.2, 0) is 6.54 Å². The van der Waals surface area contributed by atoms with E-state index in [1.807, 2.05) is 36.2 Å². The van der Waals surface area contributed by atoms with Crippen molar-refractivity contribution in [1.82, 2.24) is 4.98 Å². The summed E-state index contributed by atoms with van der Waals surface area (Å²) in [5.74, 6) is 0. The minimum absolute atomic E-state index is 0.378. The summed E-state index contributed by atoms with van der Waals surface area (Å²) in [6, 6.07) is 13.1. The Balaban J connectivity index is 2.20. The zero-order chi connectivity index (χ0) is 13.8. The standard InChI is InChI=1S/C14H11Cl2N3/c1-19(12-4-2-3-10(7-12)8-17)9-11-5-6-13(15)18-14(11)16/h2-7H,9H2,1H3. The largest absolute Gasteiger partial charge is 0.370 e. The Morgan fingerprint density at radius 1 is 1.26 bits per heavy atom. The number of pyridine rings is 1. The third kappa shape index (κ3) is 3.37. The molecule has 3 nitrogen and oxygen atoms in total. The fraction of sp³-hybridized carbons (Fsp3) is 0.143. The van der Waals surface area contributed by atoms with Crippen LogP contribution in [0.1, 0.15) is 11.1 Å². The van der Waals surface area contributed by atoms with Crippen molar-refractivity contribution < 1.29 is 0 Å². The van der Waals surface area contributed by atoms with E-state index in [1.165, 1.54) is 0 Å². The molecule has 0 aliphatic heterocycles. The van der Waals surface area contributed by atoms with E-state index >= 15 is 0 Å². The van der Waals surface area contributed by atoms with E-state index < -0.39 is 0 Å². The first-order valence-electron chi connectivity index (χ1n) is 5.62. The quantitative estimate of drug-likeness (QED) is 0.805. The molecule has 0 N–H and O–H groups in total. The third-order valence-corrected chi connectivity index (χ3v) is 3.25. The molecule has 0 bridgehead atoms. The number of nitrogens with zero attached hydrogens (tertiary/aromatic N) is 3. The summed E-state index contributed by atoms with van der Waals surface area (Å²) >= 11 is 11.8. The first-order valence-corrected chi connectivity index (χ1v) is 6.38. The first kappa shape index (κ1) is 13.7. The van der Waals surface area contributed by atoms with E-state index in [4.69, 9.17) is 28.5 Å². The van der Waals surface area contributed by atoms with Crippen molar-refractivity contribution in [1.29, 1.82) is 5.26 Å². The normalized spacial score (nSPS) is 10.0. The van der Waals surface area contributed by atoms with Crippen LogP contribution in [0.25, 0.3) is 0 Å². The van der Waals surface area contributed by atoms with Gasteiger partial charge in [0.2, 0.25) is 0 Å². The number of anilines is 1. The molecule has 0 aliphatic rings. The molecule has 0 unspecified atom stereocenters. The van der Waals surface area contributed by atoms with E-state index in [-0.39, 0.29) is 0 Å². The molecule has 0 fully saturated rings. The van der Waals surface area contributed by atoms with E-state index in [0.29, 0.717) is 22.4 Å². The highest BCUT2D eigenvalue weighted by molar-refractivity contribution is 6.32. The zero-order valence-corrected chi connectivity index (χ0v) is 11.8. The number of hydrogen-bond donors (Lipinski definition) is 0. The molecule has 1 heterocycles. The molecular formula is C14H11Cl2N3. The van der Waals surface area contributed by atoms with Gasteiger partial charge in [-0.25, -0.2) is 4.98 Å². The Labute approximate surface area is 122 Å². The molecule has 0 atom stereocenters. The summed E-state index contributed by atoms with van der Waals surface area (Å²) in [5, 5.41) is 9.67. The Morgan fingerprint density at radius 2 is 2.05 bits per heavy atom. The summed E-state index contributed by atoms with van der Waals surface area (Å²) in [7, 11) is 1.93. The van der Waals surface area contributed by atoms with Gasteiger partial charge in [0.1, 0.15) is 10.3 Å². The van der Waals surface area contributed by atoms with Gasteiger partial charge in [-0.05, 0) is 24.3 Å². The molecule has 0 saturated heterocycles. The smallest absolute Gasteiger partial charge is 0.135 e. The van der Waals surface area contributed by atoms with Gasteiger partial charge in [-0.2, -0.15) is 5.26 Å². The van der Waals surface area contributed by atoms with Crippen LogP contribution in [0.15, 0.2) is 36.4 Å². The molecule has 0 amide bonds. The van der Waals surface area contributed by atoms with Crippen molar-refractivity contribution in [3.05, 3.63) is 57.8 Å². The molecule has 1 aromatic carbocycles. The average molecular weight is 292 g/mol. The number of aromatic nitrogens is 1. The summed E-state index contributed by atoms with van der Waals surface area (Å²) in [6.45, 7) is 0.595. The SMILES string of the molecule is CN(Cc1ccc(Cl)nc1Cl)c1cccc(C#N)c1. The molecule has 19 heavy (non-hydrogen) atoms. The van der Waals surface area contributed by atoms with Crippen molar-refractivity contribution >= 4 is 28.9 Å². The van der Waals surface area contributed by atoms with Gasteiger partial charge in [-0.15, -0.1) is 0 Å². The van der Waals surface area contributed by atoms with Crippen LogP contribution in [-0.4, -0.2) is 12.0 Å². The van der Waals surface area contributed by atoms with Crippen molar-refractivity contribution in [3.8, 4) is 6.07 Å². The van der Waals surface area contributed by atoms with E-state index in [1.54, 1.807) is 12.1 Å². The van der Waals surface area contributed by atoms with Crippen LogP contribution in [0.3, 0.4) is 0 Å². The Kier molecular flexibility index (Phi) is 4.26. The number of benzene rings is 1. The molecule has 1 aromatic heterocycles. The van der Waals surface area contributed by atoms with Crippen LogP contribution in [0, 0.1) is 11.3 Å². The van der Waals surface area contributed by atoms with Crippen molar-refractivity contribution in [2.24, 2.45) is 0 Å². The van der Waals surface area contributed by atoms with E-state index in [0.717, 1.165) is 11.3 Å². The molecule has 2 aromatic rings. The summed E-state index contributed by atoms with van der Waals surface area (Å²) < 4.78 is 0. The second-order valence-corrected chi connectivity index (χ2v) is 4.85. The molecule has 0 radical (unpaired) electrons. The van der Waals surface area contributed by atoms with Gasteiger partial charge in [-0.1, -0.05) is 35.3 Å². The van der Waals surface area contributed by atoms with Crippen LogP contribution < -0.4 is 4.90 Å². The number of halogens is 2. The van der Waals surface area contributed by atoms with Gasteiger partial charge in [-0.3, -0.25) is 0 Å². The van der Waals surface area contributed by atoms with Gasteiger partial charge >= 0.3 is 0 Å². The molecule has 0 aliphatic carbocycles. The van der Waals surface area contributed by atoms with Gasteiger partial charge in [0.15, 0.2) is 0 Å². The first-order chi connectivity index (χ1) is 9.10. The predicted octanol–water partition coefficient (Wildman–Crippen LogP) is 3.90. The minimum atomic E-state index is 0.378. The number of nitriles is 1. The molecule has 0 saturated carbocycles. The highest BCUT2D eigenvalue weighted by Gasteiger charge is 2.07. The van der Waals surface area contributed by atoms with Crippen LogP contribution in [0.2, 0.25) is 10.3 Å². The lowest BCUT2D eigenvalue weighted by molar-refractivity contribution is 0.915. The maximum atomic E-state index is 8.89. The molecular weight excluding hydrogens is 281 g/mol. The minimum Gasteiger partial charge on any atom is -0.370 e. The number of rotatable bonds is 3. The molecule has 5 heteroatoms. The lowest BCUT2D eigenvalue weighted by Crippen LogP contribution is -2.16. The third-order valence-electron chi connectivity index (χ3n) is 2.72. The van der Waals surface area contributed by atoms with Gasteiger partial charge in [0.25, 0.3) is 0 Å². The highest BCUT2D eigenvalue weighted by Crippen LogP contribution is 2.21. The Hall–Kier alpha value is -1.76. The predicted molar refractivity (Wildman–Crippen MR) is 77.5 cm³/mol. The van der Waals surface area contributed by atoms with Crippen molar-refractivity contribution in [3.63, 3.8) is 0 Å². The summed E-state index contributed by atoms with van der Waals surface area (Å²) in [6.07, 6.45) is 0. The lowest BCUT2D eigenvalue weighted by Gasteiger charge is -2.20. The maximum Gasteiger partial charge on any atom is 0.135 e. The monoisotopic (exact) mass is 291 g/mol. The summed E-state index contributed by atoms with van der Waals surface area (Å²) in [5.41, 5.74) is 2.46. The second-order valence-electron chi connectivity index (χ2n) is 4.10. The molecule has 0 spiro atoms. The van der Waals surface area contributed by atoms with Crippen molar-refractivity contribution in [2.75, 3.05) is 11.9 Å². The van der Waals surface area contributed by atoms with Crippen LogP contribution >= 0.6 is 23.2 Å². The van der Waals surface area contributed by atoms with Gasteiger partial charge in [0.05, 0.1) is 11.6 Å². The molecule has 2 rings (SSSR count). The van der Waals surface area contributed by atoms with Gasteiger partial charge in [0, 0.05) is 24.8 Å². The molecule has 96 valence electrons. The fourth-order valence-corrected chi connectivity index (χ4v) is 2.12. The fourth-order valence-electron chi connectivity index (χ4n) is 1.72. The second kappa shape index (κ2) is 5.92. The van der Waals surface area contributed by atoms with Gasteiger partial charge < -0.3 is 4.90 Å². The zero-order valence-electron chi connectivity index (χ0n) is 10.3.